The molecular formula is C14H16N4S. The Kier molecular flexibility index (Phi) is 3.21. The highest BCUT2D eigenvalue weighted by atomic mass is 32.1. The van der Waals surface area contributed by atoms with Gasteiger partial charge in [0, 0.05) is 24.5 Å². The maximum atomic E-state index is 7.49. The molecule has 0 radical (unpaired) electrons. The van der Waals surface area contributed by atoms with E-state index in [0.717, 1.165) is 12.2 Å². The summed E-state index contributed by atoms with van der Waals surface area (Å²) in [5.74, 6) is 0.0214. The first-order valence-electron chi connectivity index (χ1n) is 6.32. The Bertz CT molecular complexity index is 575. The highest BCUT2D eigenvalue weighted by Crippen LogP contribution is 2.33. The van der Waals surface area contributed by atoms with Gasteiger partial charge in [0.2, 0.25) is 0 Å². The SMILES string of the molecule is N=C(N)c1cc(N(Cc2ccsc2)C2CC2)ccn1. The van der Waals surface area contributed by atoms with Gasteiger partial charge >= 0.3 is 0 Å². The lowest BCUT2D eigenvalue weighted by atomic mass is 10.2. The molecule has 0 amide bonds. The molecule has 1 saturated carbocycles. The van der Waals surface area contributed by atoms with Crippen molar-refractivity contribution in [2.45, 2.75) is 25.4 Å². The molecule has 98 valence electrons. The van der Waals surface area contributed by atoms with E-state index in [-0.39, 0.29) is 5.84 Å². The van der Waals surface area contributed by atoms with Gasteiger partial charge in [-0.25, -0.2) is 0 Å². The van der Waals surface area contributed by atoms with E-state index in [1.165, 1.54) is 18.4 Å². The van der Waals surface area contributed by atoms with Gasteiger partial charge in [-0.3, -0.25) is 10.4 Å². The fourth-order valence-electron chi connectivity index (χ4n) is 2.14. The highest BCUT2D eigenvalue weighted by molar-refractivity contribution is 7.07. The highest BCUT2D eigenvalue weighted by Gasteiger charge is 2.29. The third-order valence-electron chi connectivity index (χ3n) is 3.27. The molecule has 1 aliphatic rings. The molecule has 0 spiro atoms. The normalized spacial score (nSPS) is 14.3. The Balaban J connectivity index is 1.87. The summed E-state index contributed by atoms with van der Waals surface area (Å²) < 4.78 is 0. The Morgan fingerprint density at radius 3 is 2.95 bits per heavy atom. The monoisotopic (exact) mass is 272 g/mol. The molecule has 0 aliphatic heterocycles. The van der Waals surface area contributed by atoms with Crippen molar-refractivity contribution in [1.82, 2.24) is 4.98 Å². The van der Waals surface area contributed by atoms with E-state index < -0.39 is 0 Å². The zero-order valence-corrected chi connectivity index (χ0v) is 11.4. The number of aromatic nitrogens is 1. The van der Waals surface area contributed by atoms with Gasteiger partial charge in [0.1, 0.15) is 11.5 Å². The molecule has 0 aromatic carbocycles. The van der Waals surface area contributed by atoms with Crippen molar-refractivity contribution in [3.8, 4) is 0 Å². The van der Waals surface area contributed by atoms with Crippen LogP contribution in [0.2, 0.25) is 0 Å². The molecule has 0 unspecified atom stereocenters. The molecule has 19 heavy (non-hydrogen) atoms. The van der Waals surface area contributed by atoms with E-state index in [4.69, 9.17) is 11.1 Å². The summed E-state index contributed by atoms with van der Waals surface area (Å²) in [6, 6.07) is 6.68. The van der Waals surface area contributed by atoms with Gasteiger partial charge in [-0.2, -0.15) is 11.3 Å². The number of amidine groups is 1. The Labute approximate surface area is 116 Å². The molecule has 4 nitrogen and oxygen atoms in total. The van der Waals surface area contributed by atoms with Crippen LogP contribution in [-0.2, 0) is 6.54 Å². The van der Waals surface area contributed by atoms with Gasteiger partial charge in [-0.15, -0.1) is 0 Å². The number of nitrogens with one attached hydrogen (secondary N) is 1. The molecule has 1 aliphatic carbocycles. The Morgan fingerprint density at radius 1 is 1.47 bits per heavy atom. The predicted molar refractivity (Wildman–Crippen MR) is 78.8 cm³/mol. The number of pyridine rings is 1. The van der Waals surface area contributed by atoms with Gasteiger partial charge in [0.15, 0.2) is 0 Å². The van der Waals surface area contributed by atoms with Crippen LogP contribution in [0, 0.1) is 5.41 Å². The number of thiophene rings is 1. The largest absolute Gasteiger partial charge is 0.382 e. The summed E-state index contributed by atoms with van der Waals surface area (Å²) in [4.78, 5) is 6.51. The van der Waals surface area contributed by atoms with Crippen molar-refractivity contribution in [3.63, 3.8) is 0 Å². The number of nitrogens with two attached hydrogens (primary N) is 1. The van der Waals surface area contributed by atoms with E-state index in [2.05, 4.69) is 26.7 Å². The average Bonchev–Trinajstić information content (AvgIpc) is 3.13. The quantitative estimate of drug-likeness (QED) is 0.649. The number of hydrogen-bond donors (Lipinski definition) is 2. The second-order valence-corrected chi connectivity index (χ2v) is 5.58. The second-order valence-electron chi connectivity index (χ2n) is 4.80. The molecule has 3 rings (SSSR count). The fourth-order valence-corrected chi connectivity index (χ4v) is 2.80. The zero-order chi connectivity index (χ0) is 13.2. The summed E-state index contributed by atoms with van der Waals surface area (Å²) in [7, 11) is 0. The molecule has 0 bridgehead atoms. The summed E-state index contributed by atoms with van der Waals surface area (Å²) in [6.07, 6.45) is 4.21. The molecule has 3 N–H and O–H groups in total. The van der Waals surface area contributed by atoms with Crippen molar-refractivity contribution in [2.24, 2.45) is 5.73 Å². The molecule has 1 fully saturated rings. The number of nitrogens with zero attached hydrogens (tertiary/aromatic N) is 2. The third-order valence-corrected chi connectivity index (χ3v) is 4.00. The van der Waals surface area contributed by atoms with Crippen molar-refractivity contribution in [2.75, 3.05) is 4.90 Å². The smallest absolute Gasteiger partial charge is 0.141 e. The van der Waals surface area contributed by atoms with Crippen molar-refractivity contribution in [3.05, 3.63) is 46.4 Å². The van der Waals surface area contributed by atoms with E-state index in [0.29, 0.717) is 11.7 Å². The number of hydrogen-bond acceptors (Lipinski definition) is 4. The van der Waals surface area contributed by atoms with Crippen LogP contribution in [0.1, 0.15) is 24.1 Å². The minimum atomic E-state index is 0.0214. The summed E-state index contributed by atoms with van der Waals surface area (Å²) in [6.45, 7) is 0.912. The Morgan fingerprint density at radius 2 is 2.32 bits per heavy atom. The van der Waals surface area contributed by atoms with Crippen LogP contribution in [0.4, 0.5) is 5.69 Å². The average molecular weight is 272 g/mol. The second kappa shape index (κ2) is 5.01. The first-order valence-corrected chi connectivity index (χ1v) is 7.26. The number of anilines is 1. The van der Waals surface area contributed by atoms with Crippen molar-refractivity contribution < 1.29 is 0 Å². The lowest BCUT2D eigenvalue weighted by Gasteiger charge is -2.24. The lowest BCUT2D eigenvalue weighted by molar-refractivity contribution is 0.795. The lowest BCUT2D eigenvalue weighted by Crippen LogP contribution is -2.25. The predicted octanol–water partition coefficient (Wildman–Crippen LogP) is 2.60. The molecule has 2 aromatic heterocycles. The van der Waals surface area contributed by atoms with Crippen LogP contribution in [0.3, 0.4) is 0 Å². The van der Waals surface area contributed by atoms with Crippen LogP contribution < -0.4 is 10.6 Å². The molecule has 0 atom stereocenters. The van der Waals surface area contributed by atoms with Gasteiger partial charge in [0.25, 0.3) is 0 Å². The van der Waals surface area contributed by atoms with E-state index in [9.17, 15) is 0 Å². The van der Waals surface area contributed by atoms with E-state index in [1.54, 1.807) is 17.5 Å². The summed E-state index contributed by atoms with van der Waals surface area (Å²) in [5, 5.41) is 11.8. The Hall–Kier alpha value is -1.88. The van der Waals surface area contributed by atoms with Crippen molar-refractivity contribution >= 4 is 22.9 Å². The zero-order valence-electron chi connectivity index (χ0n) is 10.5. The van der Waals surface area contributed by atoms with Crippen LogP contribution >= 0.6 is 11.3 Å². The number of rotatable bonds is 5. The molecule has 2 heterocycles. The van der Waals surface area contributed by atoms with Gasteiger partial charge in [-0.1, -0.05) is 0 Å². The topological polar surface area (TPSA) is 66.0 Å². The molecular weight excluding hydrogens is 256 g/mol. The van der Waals surface area contributed by atoms with Crippen LogP contribution in [0.25, 0.3) is 0 Å². The minimum Gasteiger partial charge on any atom is -0.382 e. The van der Waals surface area contributed by atoms with Gasteiger partial charge in [-0.05, 0) is 47.4 Å². The molecule has 5 heteroatoms. The van der Waals surface area contributed by atoms with E-state index in [1.807, 2.05) is 12.1 Å². The minimum absolute atomic E-state index is 0.0214. The maximum Gasteiger partial charge on any atom is 0.141 e. The molecule has 2 aromatic rings. The summed E-state index contributed by atoms with van der Waals surface area (Å²) in [5.41, 5.74) is 8.50. The van der Waals surface area contributed by atoms with Crippen LogP contribution in [-0.4, -0.2) is 16.9 Å². The van der Waals surface area contributed by atoms with Gasteiger partial charge in [0.05, 0.1) is 0 Å². The first kappa shape index (κ1) is 12.2. The number of nitrogen functional groups attached to an aromatic ring is 1. The fraction of sp³-hybridized carbons (Fsp3) is 0.286. The van der Waals surface area contributed by atoms with E-state index >= 15 is 0 Å². The standard InChI is InChI=1S/C14H16N4S/c15-14(16)13-7-12(3-5-17-13)18(11-1-2-11)8-10-4-6-19-9-10/h3-7,9,11H,1-2,8H2,(H3,15,16). The van der Waals surface area contributed by atoms with Gasteiger partial charge < -0.3 is 10.6 Å². The van der Waals surface area contributed by atoms with Crippen molar-refractivity contribution in [1.29, 1.82) is 5.41 Å². The third kappa shape index (κ3) is 2.76. The maximum absolute atomic E-state index is 7.49. The summed E-state index contributed by atoms with van der Waals surface area (Å²) >= 11 is 1.72. The molecule has 0 saturated heterocycles. The first-order chi connectivity index (χ1) is 9.24. The van der Waals surface area contributed by atoms with Crippen LogP contribution in [0.15, 0.2) is 35.2 Å². The van der Waals surface area contributed by atoms with Crippen LogP contribution in [0.5, 0.6) is 0 Å².